The Bertz CT molecular complexity index is 1270. The second kappa shape index (κ2) is 15.2. The first-order valence-electron chi connectivity index (χ1n) is 14.8. The third-order valence-electron chi connectivity index (χ3n) is 7.02. The van der Waals surface area contributed by atoms with E-state index in [0.717, 1.165) is 5.56 Å². The summed E-state index contributed by atoms with van der Waals surface area (Å²) in [5.41, 5.74) is 1.70. The highest BCUT2D eigenvalue weighted by Crippen LogP contribution is 2.31. The summed E-state index contributed by atoms with van der Waals surface area (Å²) in [4.78, 5) is 66.7. The van der Waals surface area contributed by atoms with E-state index >= 15 is 0 Å². The summed E-state index contributed by atoms with van der Waals surface area (Å²) in [6.07, 6.45) is 1.55. The molecule has 9 nitrogen and oxygen atoms in total. The van der Waals surface area contributed by atoms with Crippen molar-refractivity contribution in [1.82, 2.24) is 20.9 Å². The molecule has 0 saturated carbocycles. The van der Waals surface area contributed by atoms with Crippen LogP contribution in [0.15, 0.2) is 54.6 Å². The number of hydrogen-bond acceptors (Lipinski definition) is 6. The van der Waals surface area contributed by atoms with E-state index in [1.165, 1.54) is 23.7 Å². The van der Waals surface area contributed by atoms with Crippen molar-refractivity contribution >= 4 is 41.3 Å². The second-order valence-electron chi connectivity index (χ2n) is 12.2. The van der Waals surface area contributed by atoms with Crippen molar-refractivity contribution in [1.29, 1.82) is 0 Å². The van der Waals surface area contributed by atoms with E-state index < -0.39 is 23.2 Å². The maximum Gasteiger partial charge on any atom is 0.261 e. The topological polar surface area (TPSA) is 125 Å². The second-order valence-corrected chi connectivity index (χ2v) is 14.3. The molecule has 43 heavy (non-hydrogen) atoms. The molecule has 0 saturated heterocycles. The minimum Gasteiger partial charge on any atom is -0.357 e. The Balaban J connectivity index is 1.70. The molecule has 1 unspecified atom stereocenters. The predicted molar refractivity (Wildman–Crippen MR) is 170 cm³/mol. The molecule has 2 aromatic rings. The number of likely N-dealkylation sites (N-methyl/N-ethyl adjacent to an activating group) is 1. The van der Waals surface area contributed by atoms with Crippen LogP contribution in [-0.4, -0.2) is 70.1 Å². The number of carbonyl (C=O) groups excluding carboxylic acids is 5. The van der Waals surface area contributed by atoms with Gasteiger partial charge in [-0.3, -0.25) is 28.9 Å². The highest BCUT2D eigenvalue weighted by atomic mass is 32.2. The zero-order chi connectivity index (χ0) is 31.7. The lowest BCUT2D eigenvalue weighted by molar-refractivity contribution is -0.132. The minimum absolute atomic E-state index is 0.103. The van der Waals surface area contributed by atoms with Crippen LogP contribution in [0.2, 0.25) is 0 Å². The Morgan fingerprint density at radius 1 is 0.814 bits per heavy atom. The number of nitrogens with zero attached hydrogens (tertiary/aromatic N) is 1. The fraction of sp³-hybridized carbons (Fsp3) is 0.485. The summed E-state index contributed by atoms with van der Waals surface area (Å²) >= 11 is 1.48. The van der Waals surface area contributed by atoms with Gasteiger partial charge in [-0.2, -0.15) is 0 Å². The molecular weight excluding hydrogens is 564 g/mol. The Hall–Kier alpha value is -3.66. The molecule has 3 N–H and O–H groups in total. The Morgan fingerprint density at radius 3 is 1.91 bits per heavy atom. The van der Waals surface area contributed by atoms with Crippen LogP contribution >= 0.6 is 11.8 Å². The van der Waals surface area contributed by atoms with E-state index in [4.69, 9.17) is 0 Å². The molecule has 3 atom stereocenters. The van der Waals surface area contributed by atoms with Crippen molar-refractivity contribution in [2.45, 2.75) is 82.4 Å². The van der Waals surface area contributed by atoms with E-state index in [1.54, 1.807) is 24.3 Å². The van der Waals surface area contributed by atoms with Gasteiger partial charge in [-0.25, -0.2) is 0 Å². The third-order valence-corrected chi connectivity index (χ3v) is 8.46. The van der Waals surface area contributed by atoms with E-state index in [0.29, 0.717) is 36.8 Å². The van der Waals surface area contributed by atoms with Crippen molar-refractivity contribution in [2.75, 3.05) is 13.6 Å². The molecule has 3 rings (SSSR count). The van der Waals surface area contributed by atoms with E-state index in [1.807, 2.05) is 65.0 Å². The maximum atomic E-state index is 13.7. The Kier molecular flexibility index (Phi) is 11.9. The molecular formula is C33H44N4O5S. The van der Waals surface area contributed by atoms with Crippen LogP contribution in [-0.2, 0) is 20.8 Å². The van der Waals surface area contributed by atoms with E-state index in [9.17, 15) is 24.0 Å². The molecule has 0 radical (unpaired) electrons. The normalized spacial score (nSPS) is 15.1. The smallest absolute Gasteiger partial charge is 0.261 e. The number of nitrogens with one attached hydrogen (secondary N) is 3. The summed E-state index contributed by atoms with van der Waals surface area (Å²) in [6.45, 7) is 10.2. The zero-order valence-electron chi connectivity index (χ0n) is 25.9. The van der Waals surface area contributed by atoms with Crippen molar-refractivity contribution < 1.29 is 24.0 Å². The van der Waals surface area contributed by atoms with Crippen molar-refractivity contribution in [3.63, 3.8) is 0 Å². The fourth-order valence-corrected chi connectivity index (χ4v) is 6.33. The van der Waals surface area contributed by atoms with Gasteiger partial charge in [-0.05, 0) is 42.9 Å². The number of hydrogen-bond donors (Lipinski definition) is 3. The number of imide groups is 1. The van der Waals surface area contributed by atoms with E-state index in [2.05, 4.69) is 16.0 Å². The Labute approximate surface area is 258 Å². The first kappa shape index (κ1) is 33.8. The van der Waals surface area contributed by atoms with Crippen LogP contribution in [0.25, 0.3) is 0 Å². The molecule has 5 amide bonds. The molecule has 0 aliphatic carbocycles. The van der Waals surface area contributed by atoms with Crippen LogP contribution in [0.3, 0.4) is 0 Å². The van der Waals surface area contributed by atoms with Gasteiger partial charge in [-0.1, -0.05) is 77.1 Å². The SMILES string of the molecule is CNC(=O)[C@H](Cc1ccccc1)NC(=O)[C@H](CC(C)C)NC(=O)C(CCCN1C(=O)c2ccccc2C1=O)SC(C)(C)C. The van der Waals surface area contributed by atoms with Gasteiger partial charge in [0, 0.05) is 24.8 Å². The zero-order valence-corrected chi connectivity index (χ0v) is 26.8. The Morgan fingerprint density at radius 2 is 1.37 bits per heavy atom. The van der Waals surface area contributed by atoms with Gasteiger partial charge in [0.25, 0.3) is 11.8 Å². The molecule has 0 aromatic heterocycles. The number of benzene rings is 2. The summed E-state index contributed by atoms with van der Waals surface area (Å²) in [7, 11) is 1.52. The highest BCUT2D eigenvalue weighted by Gasteiger charge is 2.36. The van der Waals surface area contributed by atoms with Gasteiger partial charge in [0.2, 0.25) is 17.7 Å². The summed E-state index contributed by atoms with van der Waals surface area (Å²) in [5.74, 6) is -1.56. The fourth-order valence-electron chi connectivity index (χ4n) is 5.02. The quantitative estimate of drug-likeness (QED) is 0.279. The third kappa shape index (κ3) is 9.68. The molecule has 1 aliphatic rings. The largest absolute Gasteiger partial charge is 0.357 e. The average molecular weight is 609 g/mol. The predicted octanol–water partition coefficient (Wildman–Crippen LogP) is 3.97. The monoisotopic (exact) mass is 608 g/mol. The number of carbonyl (C=O) groups is 5. The molecule has 0 bridgehead atoms. The molecule has 0 spiro atoms. The summed E-state index contributed by atoms with van der Waals surface area (Å²) < 4.78 is -0.257. The number of amides is 5. The van der Waals surface area contributed by atoms with Gasteiger partial charge in [-0.15, -0.1) is 11.8 Å². The van der Waals surface area contributed by atoms with Crippen LogP contribution in [0, 0.1) is 5.92 Å². The van der Waals surface area contributed by atoms with Gasteiger partial charge in [0.15, 0.2) is 0 Å². The van der Waals surface area contributed by atoms with Gasteiger partial charge < -0.3 is 16.0 Å². The van der Waals surface area contributed by atoms with Crippen molar-refractivity contribution in [3.8, 4) is 0 Å². The number of fused-ring (bicyclic) bond motifs is 1. The van der Waals surface area contributed by atoms with Crippen LogP contribution in [0.1, 0.15) is 80.2 Å². The highest BCUT2D eigenvalue weighted by molar-refractivity contribution is 8.01. The van der Waals surface area contributed by atoms with Gasteiger partial charge in [0.05, 0.1) is 16.4 Å². The molecule has 0 fully saturated rings. The lowest BCUT2D eigenvalue weighted by atomic mass is 10.0. The average Bonchev–Trinajstić information content (AvgIpc) is 3.20. The lowest BCUT2D eigenvalue weighted by Crippen LogP contribution is -2.55. The van der Waals surface area contributed by atoms with Crippen LogP contribution < -0.4 is 16.0 Å². The molecule has 1 heterocycles. The maximum absolute atomic E-state index is 13.7. The lowest BCUT2D eigenvalue weighted by Gasteiger charge is -2.29. The molecule has 10 heteroatoms. The summed E-state index contributed by atoms with van der Waals surface area (Å²) in [5, 5.41) is 7.92. The first-order chi connectivity index (χ1) is 20.3. The molecule has 1 aliphatic heterocycles. The standard InChI is InChI=1S/C33H44N4O5S/c1-21(2)19-25(29(39)35-26(28(38)34-6)20-22-13-8-7-9-14-22)36-30(40)27(43-33(3,4)5)17-12-18-37-31(41)23-15-10-11-16-24(23)32(37)42/h7-11,13-16,21,25-27H,12,17-20H2,1-6H3,(H,34,38)(H,35,39)(H,36,40)/t25-,26-,27?/m0/s1. The van der Waals surface area contributed by atoms with Crippen molar-refractivity contribution in [2.24, 2.45) is 5.92 Å². The van der Waals surface area contributed by atoms with Gasteiger partial charge >= 0.3 is 0 Å². The minimum atomic E-state index is -0.838. The van der Waals surface area contributed by atoms with Crippen LogP contribution in [0.4, 0.5) is 0 Å². The summed E-state index contributed by atoms with van der Waals surface area (Å²) in [6, 6.07) is 14.6. The number of rotatable bonds is 14. The number of thioether (sulfide) groups is 1. The van der Waals surface area contributed by atoms with Crippen molar-refractivity contribution in [3.05, 3.63) is 71.3 Å². The van der Waals surface area contributed by atoms with Gasteiger partial charge in [0.1, 0.15) is 12.1 Å². The van der Waals surface area contributed by atoms with E-state index in [-0.39, 0.29) is 40.8 Å². The first-order valence-corrected chi connectivity index (χ1v) is 15.7. The molecule has 232 valence electrons. The molecule has 2 aromatic carbocycles. The van der Waals surface area contributed by atoms with Crippen LogP contribution in [0.5, 0.6) is 0 Å².